The number of nitrogens with one attached hydrogen (secondary N) is 2. The van der Waals surface area contributed by atoms with Crippen molar-refractivity contribution in [2.24, 2.45) is 11.7 Å². The summed E-state index contributed by atoms with van der Waals surface area (Å²) in [5.41, 5.74) is 6.45. The monoisotopic (exact) mass is 318 g/mol. The SMILES string of the molecule is CC(=O)Nc1ccccc1NC(=O)CN1CCCC(C(N)=O)C1. The first-order chi connectivity index (χ1) is 11.0. The molecule has 0 bridgehead atoms. The van der Waals surface area contributed by atoms with Gasteiger partial charge >= 0.3 is 0 Å². The predicted molar refractivity (Wildman–Crippen MR) is 87.7 cm³/mol. The van der Waals surface area contributed by atoms with Crippen LogP contribution in [0, 0.1) is 5.92 Å². The highest BCUT2D eigenvalue weighted by Crippen LogP contribution is 2.21. The maximum Gasteiger partial charge on any atom is 0.238 e. The average molecular weight is 318 g/mol. The Bertz CT molecular complexity index is 603. The van der Waals surface area contributed by atoms with Gasteiger partial charge in [-0.3, -0.25) is 19.3 Å². The molecule has 1 aliphatic rings. The first-order valence-corrected chi connectivity index (χ1v) is 7.64. The zero-order valence-electron chi connectivity index (χ0n) is 13.2. The number of anilines is 2. The van der Waals surface area contributed by atoms with E-state index in [9.17, 15) is 14.4 Å². The molecule has 1 atom stereocenters. The molecule has 1 saturated heterocycles. The van der Waals surface area contributed by atoms with Crippen molar-refractivity contribution in [1.29, 1.82) is 0 Å². The normalized spacial score (nSPS) is 18.2. The highest BCUT2D eigenvalue weighted by Gasteiger charge is 2.25. The Balaban J connectivity index is 1.95. The van der Waals surface area contributed by atoms with Gasteiger partial charge in [0.1, 0.15) is 0 Å². The van der Waals surface area contributed by atoms with Crippen LogP contribution in [0.15, 0.2) is 24.3 Å². The Morgan fingerprint density at radius 1 is 1.22 bits per heavy atom. The van der Waals surface area contributed by atoms with Gasteiger partial charge < -0.3 is 16.4 Å². The molecule has 0 aromatic heterocycles. The van der Waals surface area contributed by atoms with Crippen LogP contribution in [0.1, 0.15) is 19.8 Å². The maximum absolute atomic E-state index is 12.2. The smallest absolute Gasteiger partial charge is 0.238 e. The molecule has 124 valence electrons. The third-order valence-corrected chi connectivity index (χ3v) is 3.79. The molecule has 3 amide bonds. The largest absolute Gasteiger partial charge is 0.369 e. The molecule has 0 aliphatic carbocycles. The quantitative estimate of drug-likeness (QED) is 0.746. The van der Waals surface area contributed by atoms with Crippen molar-refractivity contribution in [2.45, 2.75) is 19.8 Å². The van der Waals surface area contributed by atoms with Gasteiger partial charge in [0.25, 0.3) is 0 Å². The number of piperidine rings is 1. The number of carbonyl (C=O) groups is 3. The lowest BCUT2D eigenvalue weighted by atomic mass is 9.97. The van der Waals surface area contributed by atoms with E-state index in [0.717, 1.165) is 19.4 Å². The van der Waals surface area contributed by atoms with Gasteiger partial charge in [-0.15, -0.1) is 0 Å². The molecule has 1 aromatic carbocycles. The number of likely N-dealkylation sites (tertiary alicyclic amines) is 1. The molecule has 0 radical (unpaired) electrons. The highest BCUT2D eigenvalue weighted by atomic mass is 16.2. The van der Waals surface area contributed by atoms with Crippen molar-refractivity contribution in [3.8, 4) is 0 Å². The molecule has 2 rings (SSSR count). The first kappa shape index (κ1) is 17.0. The predicted octanol–water partition coefficient (Wildman–Crippen LogP) is 0.781. The summed E-state index contributed by atoms with van der Waals surface area (Å²) in [5, 5.41) is 5.47. The standard InChI is InChI=1S/C16H22N4O3/c1-11(21)18-13-6-2-3-7-14(13)19-15(22)10-20-8-4-5-12(9-20)16(17)23/h2-3,6-7,12H,4-5,8-10H2,1H3,(H2,17,23)(H,18,21)(H,19,22). The zero-order chi connectivity index (χ0) is 16.8. The molecule has 1 unspecified atom stereocenters. The van der Waals surface area contributed by atoms with E-state index in [-0.39, 0.29) is 30.2 Å². The van der Waals surface area contributed by atoms with Gasteiger partial charge in [-0.05, 0) is 31.5 Å². The number of primary amides is 1. The van der Waals surface area contributed by atoms with E-state index in [1.807, 2.05) is 4.90 Å². The lowest BCUT2D eigenvalue weighted by Crippen LogP contribution is -2.44. The molecule has 0 saturated carbocycles. The fourth-order valence-corrected chi connectivity index (χ4v) is 2.71. The van der Waals surface area contributed by atoms with Gasteiger partial charge in [-0.1, -0.05) is 12.1 Å². The van der Waals surface area contributed by atoms with Crippen molar-refractivity contribution in [3.63, 3.8) is 0 Å². The Hall–Kier alpha value is -2.41. The van der Waals surface area contributed by atoms with Gasteiger partial charge in [0.2, 0.25) is 17.7 Å². The van der Waals surface area contributed by atoms with E-state index in [1.54, 1.807) is 24.3 Å². The van der Waals surface area contributed by atoms with E-state index in [2.05, 4.69) is 10.6 Å². The maximum atomic E-state index is 12.2. The van der Waals surface area contributed by atoms with Crippen molar-refractivity contribution < 1.29 is 14.4 Å². The van der Waals surface area contributed by atoms with E-state index in [4.69, 9.17) is 5.73 Å². The number of hydrogen-bond acceptors (Lipinski definition) is 4. The molecule has 4 N–H and O–H groups in total. The van der Waals surface area contributed by atoms with Gasteiger partial charge in [-0.25, -0.2) is 0 Å². The summed E-state index contributed by atoms with van der Waals surface area (Å²) in [4.78, 5) is 36.6. The van der Waals surface area contributed by atoms with Crippen LogP contribution >= 0.6 is 0 Å². The molecule has 0 spiro atoms. The summed E-state index contributed by atoms with van der Waals surface area (Å²) in [5.74, 6) is -0.894. The second-order valence-electron chi connectivity index (χ2n) is 5.75. The van der Waals surface area contributed by atoms with Gasteiger partial charge in [0.15, 0.2) is 0 Å². The number of rotatable bonds is 5. The third kappa shape index (κ3) is 5.07. The van der Waals surface area contributed by atoms with Gasteiger partial charge in [0, 0.05) is 13.5 Å². The van der Waals surface area contributed by atoms with Crippen LogP contribution in [0.25, 0.3) is 0 Å². The van der Waals surface area contributed by atoms with Gasteiger partial charge in [-0.2, -0.15) is 0 Å². The van der Waals surface area contributed by atoms with E-state index in [1.165, 1.54) is 6.92 Å². The zero-order valence-corrected chi connectivity index (χ0v) is 13.2. The second-order valence-corrected chi connectivity index (χ2v) is 5.75. The minimum atomic E-state index is -0.314. The van der Waals surface area contributed by atoms with Crippen molar-refractivity contribution >= 4 is 29.1 Å². The number of para-hydroxylation sites is 2. The van der Waals surface area contributed by atoms with Crippen LogP contribution in [0.5, 0.6) is 0 Å². The molecule has 23 heavy (non-hydrogen) atoms. The molecule has 1 aliphatic heterocycles. The van der Waals surface area contributed by atoms with Crippen molar-refractivity contribution in [2.75, 3.05) is 30.3 Å². The Morgan fingerprint density at radius 3 is 2.48 bits per heavy atom. The van der Waals surface area contributed by atoms with E-state index >= 15 is 0 Å². The first-order valence-electron chi connectivity index (χ1n) is 7.64. The summed E-state index contributed by atoms with van der Waals surface area (Å²) in [6.45, 7) is 2.88. The number of benzene rings is 1. The number of hydrogen-bond donors (Lipinski definition) is 3. The summed E-state index contributed by atoms with van der Waals surface area (Å²) >= 11 is 0. The number of carbonyl (C=O) groups excluding carboxylic acids is 3. The van der Waals surface area contributed by atoms with Gasteiger partial charge in [0.05, 0.1) is 23.8 Å². The number of amides is 3. The van der Waals surface area contributed by atoms with Crippen LogP contribution in [0.2, 0.25) is 0 Å². The van der Waals surface area contributed by atoms with Crippen molar-refractivity contribution in [1.82, 2.24) is 4.90 Å². The van der Waals surface area contributed by atoms with E-state index in [0.29, 0.717) is 17.9 Å². The lowest BCUT2D eigenvalue weighted by Gasteiger charge is -2.30. The Kier molecular flexibility index (Phi) is 5.70. The van der Waals surface area contributed by atoms with Crippen LogP contribution in [0.3, 0.4) is 0 Å². The molecule has 7 heteroatoms. The Labute approximate surface area is 135 Å². The van der Waals surface area contributed by atoms with E-state index < -0.39 is 0 Å². The lowest BCUT2D eigenvalue weighted by molar-refractivity contribution is -0.125. The molecule has 7 nitrogen and oxygen atoms in total. The molecule has 1 fully saturated rings. The van der Waals surface area contributed by atoms with Crippen LogP contribution < -0.4 is 16.4 Å². The summed E-state index contributed by atoms with van der Waals surface area (Å²) in [6.07, 6.45) is 1.63. The number of nitrogens with zero attached hydrogens (tertiary/aromatic N) is 1. The minimum absolute atomic E-state index is 0.187. The van der Waals surface area contributed by atoms with Crippen LogP contribution in [-0.2, 0) is 14.4 Å². The molecule has 1 aromatic rings. The second kappa shape index (κ2) is 7.73. The fraction of sp³-hybridized carbons (Fsp3) is 0.438. The highest BCUT2D eigenvalue weighted by molar-refractivity contribution is 5.99. The molecular formula is C16H22N4O3. The Morgan fingerprint density at radius 2 is 1.87 bits per heavy atom. The summed E-state index contributed by atoms with van der Waals surface area (Å²) in [6, 6.07) is 7.01. The minimum Gasteiger partial charge on any atom is -0.369 e. The topological polar surface area (TPSA) is 105 Å². The molecular weight excluding hydrogens is 296 g/mol. The fourth-order valence-electron chi connectivity index (χ4n) is 2.71. The summed E-state index contributed by atoms with van der Waals surface area (Å²) in [7, 11) is 0. The molecule has 1 heterocycles. The van der Waals surface area contributed by atoms with Crippen LogP contribution in [0.4, 0.5) is 11.4 Å². The number of nitrogens with two attached hydrogens (primary N) is 1. The van der Waals surface area contributed by atoms with Crippen molar-refractivity contribution in [3.05, 3.63) is 24.3 Å². The summed E-state index contributed by atoms with van der Waals surface area (Å²) < 4.78 is 0. The average Bonchev–Trinajstić information content (AvgIpc) is 2.49. The van der Waals surface area contributed by atoms with Crippen LogP contribution in [-0.4, -0.2) is 42.3 Å². The third-order valence-electron chi connectivity index (χ3n) is 3.79.